The highest BCUT2D eigenvalue weighted by atomic mass is 16.5. The van der Waals surface area contributed by atoms with Crippen LogP contribution < -0.4 is 19.1 Å². The predicted molar refractivity (Wildman–Crippen MR) is 107 cm³/mol. The van der Waals surface area contributed by atoms with Crippen LogP contribution in [0, 0.1) is 0 Å². The van der Waals surface area contributed by atoms with Gasteiger partial charge in [0.15, 0.2) is 11.5 Å². The number of quaternary nitrogens is 1. The van der Waals surface area contributed by atoms with Gasteiger partial charge in [0.1, 0.15) is 12.3 Å². The molecule has 0 bridgehead atoms. The van der Waals surface area contributed by atoms with Crippen LogP contribution in [0.5, 0.6) is 17.2 Å². The van der Waals surface area contributed by atoms with Gasteiger partial charge in [-0.2, -0.15) is 0 Å². The third-order valence-electron chi connectivity index (χ3n) is 5.25. The molecule has 2 aromatic rings. The van der Waals surface area contributed by atoms with E-state index in [1.165, 1.54) is 4.90 Å². The molecule has 1 heterocycles. The minimum atomic E-state index is 0.203. The van der Waals surface area contributed by atoms with Crippen LogP contribution in [0.15, 0.2) is 42.5 Å². The Balaban J connectivity index is 1.59. The minimum absolute atomic E-state index is 0.203. The summed E-state index contributed by atoms with van der Waals surface area (Å²) in [7, 11) is 4.92. The quantitative estimate of drug-likeness (QED) is 0.778. The van der Waals surface area contributed by atoms with Crippen LogP contribution in [-0.2, 0) is 17.8 Å². The highest BCUT2D eigenvalue weighted by Crippen LogP contribution is 2.34. The zero-order valence-corrected chi connectivity index (χ0v) is 16.9. The van der Waals surface area contributed by atoms with E-state index in [9.17, 15) is 4.79 Å². The van der Waals surface area contributed by atoms with Gasteiger partial charge < -0.3 is 24.0 Å². The monoisotopic (exact) mass is 385 g/mol. The van der Waals surface area contributed by atoms with Gasteiger partial charge in [0.05, 0.1) is 59.5 Å². The highest BCUT2D eigenvalue weighted by molar-refractivity contribution is 5.78. The number of nitrogens with zero attached hydrogens (tertiary/aromatic N) is 1. The van der Waals surface area contributed by atoms with Crippen molar-refractivity contribution in [1.82, 2.24) is 4.90 Å². The molecular weight excluding hydrogens is 356 g/mol. The van der Waals surface area contributed by atoms with Gasteiger partial charge in [0.25, 0.3) is 0 Å². The number of rotatable bonds is 7. The molecule has 0 spiro atoms. The molecule has 6 heteroatoms. The molecule has 3 rings (SSSR count). The standard InChI is InChI=1S/C22H28N2O4/c1-26-19-15-21(28-3)20(27-2)14-18(19)16-23-9-11-24(12-10-23)22(25)13-17-7-5-4-6-8-17/h4-8,14-15H,9-13,16H2,1-3H3/p+1. The lowest BCUT2D eigenvalue weighted by molar-refractivity contribution is -0.917. The van der Waals surface area contributed by atoms with Crippen LogP contribution >= 0.6 is 0 Å². The maximum atomic E-state index is 12.6. The van der Waals surface area contributed by atoms with E-state index in [0.29, 0.717) is 17.9 Å². The summed E-state index contributed by atoms with van der Waals surface area (Å²) in [5, 5.41) is 0. The Bertz CT molecular complexity index is 787. The number of amides is 1. The van der Waals surface area contributed by atoms with Crippen molar-refractivity contribution < 1.29 is 23.9 Å². The van der Waals surface area contributed by atoms with E-state index in [1.807, 2.05) is 47.4 Å². The summed E-state index contributed by atoms with van der Waals surface area (Å²) in [6.45, 7) is 4.20. The zero-order valence-electron chi connectivity index (χ0n) is 16.9. The molecule has 28 heavy (non-hydrogen) atoms. The number of hydrogen-bond acceptors (Lipinski definition) is 4. The summed E-state index contributed by atoms with van der Waals surface area (Å²) in [6.07, 6.45) is 0.472. The van der Waals surface area contributed by atoms with E-state index < -0.39 is 0 Å². The average Bonchev–Trinajstić information content (AvgIpc) is 2.74. The van der Waals surface area contributed by atoms with Gasteiger partial charge in [0, 0.05) is 6.07 Å². The first-order chi connectivity index (χ1) is 13.6. The average molecular weight is 385 g/mol. The van der Waals surface area contributed by atoms with E-state index in [2.05, 4.69) is 0 Å². The summed E-state index contributed by atoms with van der Waals surface area (Å²) < 4.78 is 16.3. The Labute approximate surface area is 166 Å². The summed E-state index contributed by atoms with van der Waals surface area (Å²) in [5.74, 6) is 2.37. The normalized spacial score (nSPS) is 14.6. The number of piperazine rings is 1. The van der Waals surface area contributed by atoms with Crippen molar-refractivity contribution in [2.24, 2.45) is 0 Å². The smallest absolute Gasteiger partial charge is 0.227 e. The summed E-state index contributed by atoms with van der Waals surface area (Å²) >= 11 is 0. The van der Waals surface area contributed by atoms with Crippen molar-refractivity contribution in [2.45, 2.75) is 13.0 Å². The number of benzene rings is 2. The Morgan fingerprint density at radius 3 is 2.14 bits per heavy atom. The van der Waals surface area contributed by atoms with Crippen molar-refractivity contribution in [3.05, 3.63) is 53.6 Å². The predicted octanol–water partition coefficient (Wildman–Crippen LogP) is 1.18. The Morgan fingerprint density at radius 1 is 0.929 bits per heavy atom. The Morgan fingerprint density at radius 2 is 1.54 bits per heavy atom. The largest absolute Gasteiger partial charge is 0.496 e. The number of hydrogen-bond donors (Lipinski definition) is 1. The minimum Gasteiger partial charge on any atom is -0.496 e. The fourth-order valence-electron chi connectivity index (χ4n) is 3.63. The van der Waals surface area contributed by atoms with Gasteiger partial charge in [-0.3, -0.25) is 4.79 Å². The highest BCUT2D eigenvalue weighted by Gasteiger charge is 2.25. The Kier molecular flexibility index (Phi) is 6.76. The molecule has 1 N–H and O–H groups in total. The summed E-state index contributed by atoms with van der Waals surface area (Å²) in [4.78, 5) is 16.0. The molecule has 1 aliphatic rings. The first-order valence-corrected chi connectivity index (χ1v) is 9.58. The van der Waals surface area contributed by atoms with E-state index >= 15 is 0 Å². The third-order valence-corrected chi connectivity index (χ3v) is 5.25. The van der Waals surface area contributed by atoms with Gasteiger partial charge in [-0.1, -0.05) is 30.3 Å². The van der Waals surface area contributed by atoms with Gasteiger partial charge in [-0.15, -0.1) is 0 Å². The molecule has 1 aliphatic heterocycles. The second-order valence-electron chi connectivity index (χ2n) is 6.99. The molecule has 1 amide bonds. The topological polar surface area (TPSA) is 52.4 Å². The van der Waals surface area contributed by atoms with E-state index in [1.54, 1.807) is 21.3 Å². The fraction of sp³-hybridized carbons (Fsp3) is 0.409. The van der Waals surface area contributed by atoms with Gasteiger partial charge in [0.2, 0.25) is 5.91 Å². The van der Waals surface area contributed by atoms with Gasteiger partial charge in [-0.05, 0) is 11.6 Å². The summed E-state index contributed by atoms with van der Waals surface area (Å²) in [5.41, 5.74) is 2.15. The molecule has 150 valence electrons. The van der Waals surface area contributed by atoms with Crippen molar-refractivity contribution in [2.75, 3.05) is 47.5 Å². The lowest BCUT2D eigenvalue weighted by Gasteiger charge is -2.32. The maximum absolute atomic E-state index is 12.6. The SMILES string of the molecule is COc1cc(OC)c(OC)cc1C[NH+]1CCN(C(=O)Cc2ccccc2)CC1. The third kappa shape index (κ3) is 4.75. The van der Waals surface area contributed by atoms with Crippen LogP contribution in [0.4, 0.5) is 0 Å². The van der Waals surface area contributed by atoms with Gasteiger partial charge in [-0.25, -0.2) is 0 Å². The number of carbonyl (C=O) groups excluding carboxylic acids is 1. The molecule has 6 nitrogen and oxygen atoms in total. The van der Waals surface area contributed by atoms with E-state index in [4.69, 9.17) is 14.2 Å². The second kappa shape index (κ2) is 9.46. The van der Waals surface area contributed by atoms with Crippen molar-refractivity contribution >= 4 is 5.91 Å². The summed E-state index contributed by atoms with van der Waals surface area (Å²) in [6, 6.07) is 13.8. The lowest BCUT2D eigenvalue weighted by Crippen LogP contribution is -3.13. The molecule has 0 saturated carbocycles. The van der Waals surface area contributed by atoms with Crippen LogP contribution in [0.3, 0.4) is 0 Å². The van der Waals surface area contributed by atoms with Crippen LogP contribution in [0.1, 0.15) is 11.1 Å². The number of methoxy groups -OCH3 is 3. The van der Waals surface area contributed by atoms with Gasteiger partial charge >= 0.3 is 0 Å². The van der Waals surface area contributed by atoms with Crippen LogP contribution in [-0.4, -0.2) is 58.3 Å². The van der Waals surface area contributed by atoms with Crippen molar-refractivity contribution in [3.8, 4) is 17.2 Å². The molecule has 1 fully saturated rings. The number of carbonyl (C=O) groups is 1. The van der Waals surface area contributed by atoms with Crippen molar-refractivity contribution in [3.63, 3.8) is 0 Å². The zero-order chi connectivity index (χ0) is 19.9. The number of ether oxygens (including phenoxy) is 3. The lowest BCUT2D eigenvalue weighted by atomic mass is 10.1. The molecule has 0 unspecified atom stereocenters. The molecule has 0 radical (unpaired) electrons. The fourth-order valence-corrected chi connectivity index (χ4v) is 3.63. The molecule has 2 aromatic carbocycles. The first-order valence-electron chi connectivity index (χ1n) is 9.58. The molecule has 0 aliphatic carbocycles. The molecule has 0 aromatic heterocycles. The molecular formula is C22H29N2O4+. The first kappa shape index (κ1) is 20.0. The molecule has 1 saturated heterocycles. The van der Waals surface area contributed by atoms with E-state index in [0.717, 1.165) is 49.6 Å². The molecule has 0 atom stereocenters. The van der Waals surface area contributed by atoms with Crippen molar-refractivity contribution in [1.29, 1.82) is 0 Å². The number of nitrogens with one attached hydrogen (secondary N) is 1. The maximum Gasteiger partial charge on any atom is 0.227 e. The Hall–Kier alpha value is -2.73. The second-order valence-corrected chi connectivity index (χ2v) is 6.99. The van der Waals surface area contributed by atoms with Crippen LogP contribution in [0.25, 0.3) is 0 Å². The van der Waals surface area contributed by atoms with Crippen LogP contribution in [0.2, 0.25) is 0 Å². The van der Waals surface area contributed by atoms with E-state index in [-0.39, 0.29) is 5.91 Å².